The summed E-state index contributed by atoms with van der Waals surface area (Å²) in [5.41, 5.74) is 2.28. The van der Waals surface area contributed by atoms with Crippen LogP contribution in [0.3, 0.4) is 0 Å². The van der Waals surface area contributed by atoms with Gasteiger partial charge in [0.1, 0.15) is 5.92 Å². The second-order valence-electron chi connectivity index (χ2n) is 4.06. The molecule has 0 fully saturated rings. The van der Waals surface area contributed by atoms with E-state index in [-0.39, 0.29) is 6.42 Å². The van der Waals surface area contributed by atoms with Crippen molar-refractivity contribution in [3.8, 4) is 12.1 Å². The normalized spacial score (nSPS) is 10.0. The lowest BCUT2D eigenvalue weighted by Crippen LogP contribution is -1.97. The molecule has 4 nitrogen and oxygen atoms in total. The Bertz CT molecular complexity index is 604. The fourth-order valence-corrected chi connectivity index (χ4v) is 1.67. The number of esters is 1. The van der Waals surface area contributed by atoms with Crippen molar-refractivity contribution in [2.45, 2.75) is 6.42 Å². The highest BCUT2D eigenvalue weighted by Crippen LogP contribution is 2.24. The Kier molecular flexibility index (Phi) is 5.75. The number of rotatable bonds is 5. The number of benzene rings is 1. The number of hydrogen-bond acceptors (Lipinski definition) is 4. The Hall–Kier alpha value is -2.85. The third-order valence-corrected chi connectivity index (χ3v) is 2.70. The summed E-state index contributed by atoms with van der Waals surface area (Å²) in [5.74, 6) is -1.17. The third-order valence-electron chi connectivity index (χ3n) is 2.70. The van der Waals surface area contributed by atoms with E-state index in [9.17, 15) is 4.79 Å². The van der Waals surface area contributed by atoms with Crippen LogP contribution in [0.25, 0.3) is 11.6 Å². The molecule has 0 amide bonds. The van der Waals surface area contributed by atoms with Gasteiger partial charge >= 0.3 is 5.97 Å². The Morgan fingerprint density at radius 3 is 2.65 bits per heavy atom. The Labute approximate surface area is 118 Å². The Morgan fingerprint density at radius 2 is 2.05 bits per heavy atom. The molecular formula is C16H14N2O2. The van der Waals surface area contributed by atoms with E-state index in [0.29, 0.717) is 5.57 Å². The molecule has 0 bridgehead atoms. The first-order valence-corrected chi connectivity index (χ1v) is 5.94. The molecule has 0 aromatic heterocycles. The zero-order chi connectivity index (χ0) is 15.0. The van der Waals surface area contributed by atoms with Crippen molar-refractivity contribution in [1.29, 1.82) is 10.5 Å². The van der Waals surface area contributed by atoms with Crippen LogP contribution in [-0.2, 0) is 9.53 Å². The van der Waals surface area contributed by atoms with E-state index < -0.39 is 11.9 Å². The molecular weight excluding hydrogens is 252 g/mol. The number of methoxy groups -OCH3 is 1. The van der Waals surface area contributed by atoms with Gasteiger partial charge in [-0.05, 0) is 22.8 Å². The fourth-order valence-electron chi connectivity index (χ4n) is 1.67. The Morgan fingerprint density at radius 1 is 1.40 bits per heavy atom. The third kappa shape index (κ3) is 4.12. The quantitative estimate of drug-likeness (QED) is 0.606. The average Bonchev–Trinajstić information content (AvgIpc) is 2.50. The zero-order valence-electron chi connectivity index (χ0n) is 11.2. The van der Waals surface area contributed by atoms with Gasteiger partial charge in [0.05, 0.1) is 19.2 Å². The molecule has 0 atom stereocenters. The maximum Gasteiger partial charge on any atom is 0.330 e. The first-order chi connectivity index (χ1) is 9.62. The van der Waals surface area contributed by atoms with E-state index in [0.717, 1.165) is 11.1 Å². The minimum atomic E-state index is -0.722. The van der Waals surface area contributed by atoms with Gasteiger partial charge in [-0.3, -0.25) is 0 Å². The van der Waals surface area contributed by atoms with Crippen molar-refractivity contribution in [3.63, 3.8) is 0 Å². The number of allylic oxidation sites excluding steroid dienone is 1. The molecule has 20 heavy (non-hydrogen) atoms. The number of carbonyl (C=O) groups is 1. The SMILES string of the molecule is C=C(CC(C#N)C#N)c1ccccc1/C=C/C(=O)OC. The first-order valence-electron chi connectivity index (χ1n) is 5.94. The van der Waals surface area contributed by atoms with Crippen LogP contribution >= 0.6 is 0 Å². The highest BCUT2D eigenvalue weighted by Gasteiger charge is 2.11. The Balaban J connectivity index is 2.99. The molecule has 1 aromatic carbocycles. The van der Waals surface area contributed by atoms with E-state index in [1.54, 1.807) is 6.08 Å². The highest BCUT2D eigenvalue weighted by molar-refractivity contribution is 5.88. The number of ether oxygens (including phenoxy) is 1. The summed E-state index contributed by atoms with van der Waals surface area (Å²) >= 11 is 0. The maximum atomic E-state index is 11.1. The number of nitriles is 2. The molecule has 0 unspecified atom stereocenters. The van der Waals surface area contributed by atoms with Crippen LogP contribution in [0.4, 0.5) is 0 Å². The summed E-state index contributed by atoms with van der Waals surface area (Å²) < 4.78 is 4.54. The van der Waals surface area contributed by atoms with Gasteiger partial charge in [-0.2, -0.15) is 10.5 Å². The molecule has 0 spiro atoms. The lowest BCUT2D eigenvalue weighted by Gasteiger charge is -2.09. The topological polar surface area (TPSA) is 73.9 Å². The lowest BCUT2D eigenvalue weighted by molar-refractivity contribution is -0.134. The number of hydrogen-bond donors (Lipinski definition) is 0. The van der Waals surface area contributed by atoms with Crippen LogP contribution in [0.5, 0.6) is 0 Å². The van der Waals surface area contributed by atoms with E-state index in [2.05, 4.69) is 11.3 Å². The second kappa shape index (κ2) is 7.56. The van der Waals surface area contributed by atoms with Crippen molar-refractivity contribution >= 4 is 17.6 Å². The molecule has 0 saturated carbocycles. The summed E-state index contributed by atoms with van der Waals surface area (Å²) in [7, 11) is 1.31. The van der Waals surface area contributed by atoms with Crippen molar-refractivity contribution in [2.75, 3.05) is 7.11 Å². The van der Waals surface area contributed by atoms with Crippen LogP contribution in [0.2, 0.25) is 0 Å². The highest BCUT2D eigenvalue weighted by atomic mass is 16.5. The molecule has 0 N–H and O–H groups in total. The smallest absolute Gasteiger partial charge is 0.330 e. The van der Waals surface area contributed by atoms with Gasteiger partial charge in [-0.25, -0.2) is 4.79 Å². The monoisotopic (exact) mass is 266 g/mol. The van der Waals surface area contributed by atoms with Gasteiger partial charge in [0.2, 0.25) is 0 Å². The molecule has 4 heteroatoms. The van der Waals surface area contributed by atoms with E-state index >= 15 is 0 Å². The first kappa shape index (κ1) is 15.2. The van der Waals surface area contributed by atoms with Crippen molar-refractivity contribution in [2.24, 2.45) is 5.92 Å². The van der Waals surface area contributed by atoms with Crippen molar-refractivity contribution < 1.29 is 9.53 Å². The largest absolute Gasteiger partial charge is 0.466 e. The molecule has 0 aliphatic carbocycles. The molecule has 1 rings (SSSR count). The predicted molar refractivity (Wildman–Crippen MR) is 75.9 cm³/mol. The van der Waals surface area contributed by atoms with E-state index in [4.69, 9.17) is 10.5 Å². The van der Waals surface area contributed by atoms with Crippen LogP contribution in [0.15, 0.2) is 36.9 Å². The van der Waals surface area contributed by atoms with Gasteiger partial charge in [-0.15, -0.1) is 0 Å². The number of nitrogens with zero attached hydrogens (tertiary/aromatic N) is 2. The van der Waals surface area contributed by atoms with E-state index in [1.165, 1.54) is 13.2 Å². The minimum absolute atomic E-state index is 0.274. The number of carbonyl (C=O) groups excluding carboxylic acids is 1. The van der Waals surface area contributed by atoms with Crippen LogP contribution in [0.1, 0.15) is 17.5 Å². The van der Waals surface area contributed by atoms with Gasteiger partial charge in [0, 0.05) is 12.5 Å². The summed E-state index contributed by atoms with van der Waals surface area (Å²) in [4.78, 5) is 11.1. The summed E-state index contributed by atoms with van der Waals surface area (Å²) in [6.45, 7) is 3.92. The van der Waals surface area contributed by atoms with E-state index in [1.807, 2.05) is 36.4 Å². The van der Waals surface area contributed by atoms with Crippen molar-refractivity contribution in [3.05, 3.63) is 48.0 Å². The van der Waals surface area contributed by atoms with Crippen LogP contribution < -0.4 is 0 Å². The molecule has 0 radical (unpaired) electrons. The van der Waals surface area contributed by atoms with Gasteiger partial charge in [0.15, 0.2) is 0 Å². The molecule has 0 saturated heterocycles. The molecule has 0 heterocycles. The zero-order valence-corrected chi connectivity index (χ0v) is 11.2. The summed E-state index contributed by atoms with van der Waals surface area (Å²) in [6.07, 6.45) is 3.22. The molecule has 0 aliphatic heterocycles. The maximum absolute atomic E-state index is 11.1. The van der Waals surface area contributed by atoms with Crippen LogP contribution in [-0.4, -0.2) is 13.1 Å². The summed E-state index contributed by atoms with van der Waals surface area (Å²) in [5, 5.41) is 17.6. The predicted octanol–water partition coefficient (Wildman–Crippen LogP) is 2.94. The van der Waals surface area contributed by atoms with Gasteiger partial charge < -0.3 is 4.74 Å². The minimum Gasteiger partial charge on any atom is -0.466 e. The standard InChI is InChI=1S/C16H14N2O2/c1-12(9-13(10-17)11-18)15-6-4-3-5-14(15)7-8-16(19)20-2/h3-8,13H,1,9H2,2H3/b8-7+. The van der Waals surface area contributed by atoms with Crippen molar-refractivity contribution in [1.82, 2.24) is 0 Å². The summed E-state index contributed by atoms with van der Waals surface area (Å²) in [6, 6.07) is 11.2. The molecule has 100 valence electrons. The average molecular weight is 266 g/mol. The molecule has 0 aliphatic rings. The second-order valence-corrected chi connectivity index (χ2v) is 4.06. The van der Waals surface area contributed by atoms with Crippen LogP contribution in [0, 0.1) is 28.6 Å². The van der Waals surface area contributed by atoms with Gasteiger partial charge in [-0.1, -0.05) is 30.8 Å². The van der Waals surface area contributed by atoms with Gasteiger partial charge in [0.25, 0.3) is 0 Å². The molecule has 1 aromatic rings. The lowest BCUT2D eigenvalue weighted by atomic mass is 9.93. The fraction of sp³-hybridized carbons (Fsp3) is 0.188.